The van der Waals surface area contributed by atoms with E-state index >= 15 is 0 Å². The van der Waals surface area contributed by atoms with Gasteiger partial charge in [0, 0.05) is 6.54 Å². The van der Waals surface area contributed by atoms with Crippen molar-refractivity contribution >= 4 is 11.8 Å². The van der Waals surface area contributed by atoms with Crippen LogP contribution in [0.15, 0.2) is 18.2 Å². The fourth-order valence-electron chi connectivity index (χ4n) is 2.02. The van der Waals surface area contributed by atoms with E-state index in [0.717, 1.165) is 18.7 Å². The molecular formula is C16H27NO2S. The molecule has 114 valence electrons. The number of hydrogen-bond donors (Lipinski definition) is 2. The SMILES string of the molecule is CCOc1cc(CNCCCCCCSC)ccc1O. The lowest BCUT2D eigenvalue weighted by atomic mass is 10.2. The van der Waals surface area contributed by atoms with E-state index in [1.165, 1.54) is 31.4 Å². The van der Waals surface area contributed by atoms with E-state index in [4.69, 9.17) is 4.74 Å². The molecule has 0 radical (unpaired) electrons. The molecule has 0 saturated carbocycles. The van der Waals surface area contributed by atoms with Crippen LogP contribution in [0.25, 0.3) is 0 Å². The smallest absolute Gasteiger partial charge is 0.161 e. The molecule has 0 aliphatic rings. The zero-order valence-corrected chi connectivity index (χ0v) is 13.5. The molecule has 4 heteroatoms. The average Bonchev–Trinajstić information content (AvgIpc) is 2.45. The number of aromatic hydroxyl groups is 1. The summed E-state index contributed by atoms with van der Waals surface area (Å²) in [5, 5.41) is 13.1. The summed E-state index contributed by atoms with van der Waals surface area (Å²) < 4.78 is 5.38. The van der Waals surface area contributed by atoms with Gasteiger partial charge in [0.05, 0.1) is 6.61 Å². The molecule has 20 heavy (non-hydrogen) atoms. The highest BCUT2D eigenvalue weighted by Gasteiger charge is 2.03. The van der Waals surface area contributed by atoms with Crippen LogP contribution in [0.4, 0.5) is 0 Å². The number of hydrogen-bond acceptors (Lipinski definition) is 4. The molecule has 0 fully saturated rings. The minimum atomic E-state index is 0.212. The van der Waals surface area contributed by atoms with Crippen LogP contribution in [0.5, 0.6) is 11.5 Å². The van der Waals surface area contributed by atoms with Gasteiger partial charge in [0.2, 0.25) is 0 Å². The van der Waals surface area contributed by atoms with Gasteiger partial charge in [0.25, 0.3) is 0 Å². The minimum Gasteiger partial charge on any atom is -0.504 e. The fraction of sp³-hybridized carbons (Fsp3) is 0.625. The van der Waals surface area contributed by atoms with Crippen LogP contribution in [0.2, 0.25) is 0 Å². The number of ether oxygens (including phenoxy) is 1. The van der Waals surface area contributed by atoms with Crippen molar-refractivity contribution in [3.05, 3.63) is 23.8 Å². The molecule has 1 aromatic rings. The van der Waals surface area contributed by atoms with Gasteiger partial charge in [-0.15, -0.1) is 0 Å². The van der Waals surface area contributed by atoms with E-state index in [9.17, 15) is 5.11 Å². The van der Waals surface area contributed by atoms with Crippen molar-refractivity contribution in [2.45, 2.75) is 39.2 Å². The quantitative estimate of drug-likeness (QED) is 0.610. The largest absolute Gasteiger partial charge is 0.504 e. The molecule has 0 aromatic heterocycles. The minimum absolute atomic E-state index is 0.212. The van der Waals surface area contributed by atoms with Crippen molar-refractivity contribution in [1.29, 1.82) is 0 Å². The maximum absolute atomic E-state index is 9.63. The Morgan fingerprint density at radius 3 is 2.75 bits per heavy atom. The Bertz CT molecular complexity index is 371. The Balaban J connectivity index is 2.17. The first-order valence-electron chi connectivity index (χ1n) is 7.42. The molecular weight excluding hydrogens is 270 g/mol. The van der Waals surface area contributed by atoms with Crippen LogP contribution < -0.4 is 10.1 Å². The summed E-state index contributed by atoms with van der Waals surface area (Å²) in [6.45, 7) is 4.36. The van der Waals surface area contributed by atoms with Gasteiger partial charge in [0.1, 0.15) is 0 Å². The molecule has 3 nitrogen and oxygen atoms in total. The number of rotatable bonds is 11. The number of phenolic OH excluding ortho intramolecular Hbond substituents is 1. The summed E-state index contributed by atoms with van der Waals surface area (Å²) in [4.78, 5) is 0. The predicted octanol–water partition coefficient (Wildman–Crippen LogP) is 3.80. The molecule has 1 rings (SSSR count). The van der Waals surface area contributed by atoms with Crippen LogP contribution >= 0.6 is 11.8 Å². The molecule has 0 amide bonds. The Morgan fingerprint density at radius 2 is 2.00 bits per heavy atom. The molecule has 0 aliphatic heterocycles. The topological polar surface area (TPSA) is 41.5 Å². The van der Waals surface area contributed by atoms with Gasteiger partial charge in [0.15, 0.2) is 11.5 Å². The molecule has 0 bridgehead atoms. The first-order chi connectivity index (χ1) is 9.77. The van der Waals surface area contributed by atoms with E-state index in [2.05, 4.69) is 11.6 Å². The molecule has 1 aromatic carbocycles. The van der Waals surface area contributed by atoms with Crippen molar-refractivity contribution in [2.75, 3.05) is 25.2 Å². The fourth-order valence-corrected chi connectivity index (χ4v) is 2.52. The summed E-state index contributed by atoms with van der Waals surface area (Å²) in [5.41, 5.74) is 1.15. The van der Waals surface area contributed by atoms with E-state index < -0.39 is 0 Å². The molecule has 0 spiro atoms. The monoisotopic (exact) mass is 297 g/mol. The highest BCUT2D eigenvalue weighted by atomic mass is 32.2. The van der Waals surface area contributed by atoms with Gasteiger partial charge in [-0.2, -0.15) is 11.8 Å². The maximum atomic E-state index is 9.63. The third-order valence-corrected chi connectivity index (χ3v) is 3.80. The second kappa shape index (κ2) is 10.9. The lowest BCUT2D eigenvalue weighted by Crippen LogP contribution is -2.14. The van der Waals surface area contributed by atoms with Gasteiger partial charge in [-0.05, 0) is 56.0 Å². The first kappa shape index (κ1) is 17.2. The molecule has 0 saturated heterocycles. The van der Waals surface area contributed by atoms with Crippen LogP contribution in [0.3, 0.4) is 0 Å². The number of phenols is 1. The zero-order chi connectivity index (χ0) is 14.6. The summed E-state index contributed by atoms with van der Waals surface area (Å²) in [7, 11) is 0. The van der Waals surface area contributed by atoms with E-state index in [1.807, 2.05) is 30.8 Å². The van der Waals surface area contributed by atoms with E-state index in [0.29, 0.717) is 12.4 Å². The molecule has 0 atom stereocenters. The van der Waals surface area contributed by atoms with Gasteiger partial charge in [-0.1, -0.05) is 18.9 Å². The number of unbranched alkanes of at least 4 members (excludes halogenated alkanes) is 3. The highest BCUT2D eigenvalue weighted by molar-refractivity contribution is 7.98. The van der Waals surface area contributed by atoms with Crippen molar-refractivity contribution in [2.24, 2.45) is 0 Å². The van der Waals surface area contributed by atoms with Crippen molar-refractivity contribution in [1.82, 2.24) is 5.32 Å². The van der Waals surface area contributed by atoms with Crippen LogP contribution in [0.1, 0.15) is 38.2 Å². The Hall–Kier alpha value is -0.870. The van der Waals surface area contributed by atoms with Crippen LogP contribution in [-0.4, -0.2) is 30.3 Å². The maximum Gasteiger partial charge on any atom is 0.161 e. The average molecular weight is 297 g/mol. The Morgan fingerprint density at radius 1 is 1.20 bits per heavy atom. The van der Waals surface area contributed by atoms with Crippen molar-refractivity contribution in [3.8, 4) is 11.5 Å². The predicted molar refractivity (Wildman–Crippen MR) is 87.8 cm³/mol. The van der Waals surface area contributed by atoms with Crippen molar-refractivity contribution in [3.63, 3.8) is 0 Å². The third kappa shape index (κ3) is 7.06. The summed E-state index contributed by atoms with van der Waals surface area (Å²) >= 11 is 1.93. The zero-order valence-electron chi connectivity index (χ0n) is 12.7. The summed E-state index contributed by atoms with van der Waals surface area (Å²) in [5.74, 6) is 2.06. The molecule has 2 N–H and O–H groups in total. The van der Waals surface area contributed by atoms with Crippen molar-refractivity contribution < 1.29 is 9.84 Å². The van der Waals surface area contributed by atoms with E-state index in [1.54, 1.807) is 6.07 Å². The summed E-state index contributed by atoms with van der Waals surface area (Å²) in [6, 6.07) is 5.54. The second-order valence-electron chi connectivity index (χ2n) is 4.82. The number of thioether (sulfide) groups is 1. The van der Waals surface area contributed by atoms with Gasteiger partial charge in [-0.3, -0.25) is 0 Å². The Kier molecular flexibility index (Phi) is 9.33. The number of benzene rings is 1. The van der Waals surface area contributed by atoms with Crippen LogP contribution in [-0.2, 0) is 6.54 Å². The number of nitrogens with one attached hydrogen (secondary N) is 1. The van der Waals surface area contributed by atoms with Crippen LogP contribution in [0, 0.1) is 0 Å². The van der Waals surface area contributed by atoms with Gasteiger partial charge >= 0.3 is 0 Å². The lowest BCUT2D eigenvalue weighted by molar-refractivity contribution is 0.317. The first-order valence-corrected chi connectivity index (χ1v) is 8.81. The van der Waals surface area contributed by atoms with Gasteiger partial charge in [-0.25, -0.2) is 0 Å². The lowest BCUT2D eigenvalue weighted by Gasteiger charge is -2.09. The Labute approximate surface area is 127 Å². The molecule has 0 aliphatic carbocycles. The summed E-state index contributed by atoms with van der Waals surface area (Å²) in [6.07, 6.45) is 7.35. The third-order valence-electron chi connectivity index (χ3n) is 3.11. The normalized spacial score (nSPS) is 10.7. The standard InChI is InChI=1S/C16H27NO2S/c1-3-19-16-12-14(8-9-15(16)18)13-17-10-6-4-5-7-11-20-2/h8-9,12,17-18H,3-7,10-11,13H2,1-2H3. The second-order valence-corrected chi connectivity index (χ2v) is 5.80. The van der Waals surface area contributed by atoms with E-state index in [-0.39, 0.29) is 5.75 Å². The molecule has 0 heterocycles. The van der Waals surface area contributed by atoms with Gasteiger partial charge < -0.3 is 15.2 Å². The highest BCUT2D eigenvalue weighted by Crippen LogP contribution is 2.26. The molecule has 0 unspecified atom stereocenters.